The Hall–Kier alpha value is -1.58. The highest BCUT2D eigenvalue weighted by molar-refractivity contribution is 6.42. The number of halogens is 1. The van der Waals surface area contributed by atoms with Crippen LogP contribution in [0.5, 0.6) is 0 Å². The molecule has 0 atom stereocenters. The second kappa shape index (κ2) is 8.33. The Morgan fingerprint density at radius 2 is 1.91 bits per heavy atom. The van der Waals surface area contributed by atoms with Gasteiger partial charge in [0.2, 0.25) is 0 Å². The van der Waals surface area contributed by atoms with E-state index in [0.717, 1.165) is 46.8 Å². The molecule has 0 aromatic rings. The molecule has 126 valence electrons. The van der Waals surface area contributed by atoms with Gasteiger partial charge in [0.15, 0.2) is 5.70 Å². The van der Waals surface area contributed by atoms with E-state index in [0.29, 0.717) is 6.32 Å². The fraction of sp³-hybridized carbons (Fsp3) is 0.526. The van der Waals surface area contributed by atoms with Gasteiger partial charge in [0, 0.05) is 42.7 Å². The summed E-state index contributed by atoms with van der Waals surface area (Å²) >= 11 is 0. The van der Waals surface area contributed by atoms with Crippen molar-refractivity contribution in [2.24, 2.45) is 0 Å². The van der Waals surface area contributed by atoms with Crippen molar-refractivity contribution in [2.45, 2.75) is 67.6 Å². The van der Waals surface area contributed by atoms with Crippen LogP contribution < -0.4 is 5.32 Å². The van der Waals surface area contributed by atoms with Crippen LogP contribution in [0.1, 0.15) is 61.3 Å². The largest absolute Gasteiger partial charge is 0.699 e. The van der Waals surface area contributed by atoms with Crippen molar-refractivity contribution in [3.8, 4) is 0 Å². The molecule has 0 aromatic carbocycles. The predicted molar refractivity (Wildman–Crippen MR) is 100 cm³/mol. The maximum Gasteiger partial charge on any atom is 0.699 e. The van der Waals surface area contributed by atoms with E-state index in [2.05, 4.69) is 38.7 Å². The maximum absolute atomic E-state index is 14.6. The lowest BCUT2D eigenvalue weighted by Crippen LogP contribution is -2.32. The van der Waals surface area contributed by atoms with Crippen molar-refractivity contribution in [2.75, 3.05) is 0 Å². The molecule has 0 saturated carbocycles. The van der Waals surface area contributed by atoms with E-state index < -0.39 is 7.12 Å². The highest BCUT2D eigenvalue weighted by Crippen LogP contribution is 2.29. The summed E-state index contributed by atoms with van der Waals surface area (Å²) in [5.74, 6) is 0. The number of rotatable bonds is 6. The SMILES string of the molecule is C=C(C)C(=C(C)C1=C(CC)CC=C(C)N1)[N+](B(F)CC)=C(C)C. The Balaban J connectivity index is 3.59. The number of hydrogen-bond acceptors (Lipinski definition) is 1. The van der Waals surface area contributed by atoms with E-state index >= 15 is 0 Å². The first-order valence-electron chi connectivity index (χ1n) is 8.50. The van der Waals surface area contributed by atoms with Crippen molar-refractivity contribution >= 4 is 12.8 Å². The summed E-state index contributed by atoms with van der Waals surface area (Å²) in [6.45, 7) is 18.1. The predicted octanol–water partition coefficient (Wildman–Crippen LogP) is 5.37. The van der Waals surface area contributed by atoms with Crippen LogP contribution in [0.15, 0.2) is 46.5 Å². The minimum Gasteiger partial charge on any atom is -0.359 e. The number of nitrogens with zero attached hydrogens (tertiary/aromatic N) is 1. The van der Waals surface area contributed by atoms with Gasteiger partial charge in [-0.25, -0.2) is 4.32 Å². The molecule has 0 saturated heterocycles. The fourth-order valence-corrected chi connectivity index (χ4v) is 3.05. The summed E-state index contributed by atoms with van der Waals surface area (Å²) < 4.78 is 16.4. The normalized spacial score (nSPS) is 15.6. The Labute approximate surface area is 141 Å². The van der Waals surface area contributed by atoms with Crippen LogP contribution >= 0.6 is 0 Å². The molecular weight excluding hydrogens is 286 g/mol. The lowest BCUT2D eigenvalue weighted by atomic mass is 9.80. The molecule has 0 amide bonds. The summed E-state index contributed by atoms with van der Waals surface area (Å²) in [5, 5.41) is 3.49. The standard InChI is InChI=1S/C19H31BFN2/c1-9-17-12-11-15(7)22-18(17)16(8)19(13(3)4)23(14(5)6)20(21)10-2/h11,22H,3,9-10,12H2,1-2,4-8H3/q+1. The second-order valence-corrected chi connectivity index (χ2v) is 6.46. The van der Waals surface area contributed by atoms with Crippen molar-refractivity contribution in [1.82, 2.24) is 5.32 Å². The third-order valence-corrected chi connectivity index (χ3v) is 4.23. The minimum absolute atomic E-state index is 0.446. The molecule has 0 spiro atoms. The molecule has 4 heteroatoms. The molecule has 0 fully saturated rings. The molecule has 1 rings (SSSR count). The lowest BCUT2D eigenvalue weighted by Gasteiger charge is -2.23. The van der Waals surface area contributed by atoms with E-state index in [1.165, 1.54) is 5.57 Å². The molecule has 1 aliphatic rings. The van der Waals surface area contributed by atoms with Crippen LogP contribution in [0.25, 0.3) is 0 Å². The number of nitrogens with one attached hydrogen (secondary N) is 1. The molecule has 0 bridgehead atoms. The topological polar surface area (TPSA) is 15.0 Å². The van der Waals surface area contributed by atoms with Gasteiger partial charge < -0.3 is 5.32 Å². The zero-order chi connectivity index (χ0) is 17.7. The van der Waals surface area contributed by atoms with Gasteiger partial charge >= 0.3 is 7.12 Å². The molecule has 1 heterocycles. The quantitative estimate of drug-likeness (QED) is 0.395. The van der Waals surface area contributed by atoms with Gasteiger partial charge in [0.1, 0.15) is 5.71 Å². The van der Waals surface area contributed by atoms with Gasteiger partial charge in [-0.2, -0.15) is 0 Å². The zero-order valence-corrected chi connectivity index (χ0v) is 15.8. The van der Waals surface area contributed by atoms with E-state index in [9.17, 15) is 4.32 Å². The number of dihydropyridines is 1. The van der Waals surface area contributed by atoms with E-state index in [1.54, 1.807) is 4.49 Å². The van der Waals surface area contributed by atoms with Gasteiger partial charge in [-0.3, -0.25) is 4.49 Å². The lowest BCUT2D eigenvalue weighted by molar-refractivity contribution is -0.339. The van der Waals surface area contributed by atoms with Crippen molar-refractivity contribution in [3.05, 3.63) is 46.5 Å². The smallest absolute Gasteiger partial charge is 0.359 e. The summed E-state index contributed by atoms with van der Waals surface area (Å²) in [6.07, 6.45) is 4.58. The molecule has 2 nitrogen and oxygen atoms in total. The average molecular weight is 317 g/mol. The van der Waals surface area contributed by atoms with E-state index in [4.69, 9.17) is 0 Å². The van der Waals surface area contributed by atoms with Gasteiger partial charge in [0.25, 0.3) is 0 Å². The first kappa shape index (κ1) is 19.5. The van der Waals surface area contributed by atoms with Crippen LogP contribution in [0.2, 0.25) is 6.32 Å². The number of hydrogen-bond donors (Lipinski definition) is 1. The third-order valence-electron chi connectivity index (χ3n) is 4.23. The minimum atomic E-state index is -1.03. The second-order valence-electron chi connectivity index (χ2n) is 6.46. The van der Waals surface area contributed by atoms with Crippen molar-refractivity contribution < 1.29 is 8.80 Å². The molecular formula is C19H31BFN2+. The first-order chi connectivity index (χ1) is 10.7. The van der Waals surface area contributed by atoms with E-state index in [-0.39, 0.29) is 0 Å². The molecule has 0 unspecified atom stereocenters. The van der Waals surface area contributed by atoms with Gasteiger partial charge in [-0.1, -0.05) is 26.5 Å². The third kappa shape index (κ3) is 4.46. The zero-order valence-electron chi connectivity index (χ0n) is 15.8. The summed E-state index contributed by atoms with van der Waals surface area (Å²) in [4.78, 5) is 0. The Morgan fingerprint density at radius 1 is 1.30 bits per heavy atom. The van der Waals surface area contributed by atoms with Crippen LogP contribution in [-0.4, -0.2) is 17.3 Å². The first-order valence-corrected chi connectivity index (χ1v) is 8.50. The van der Waals surface area contributed by atoms with Crippen molar-refractivity contribution in [1.29, 1.82) is 0 Å². The average Bonchev–Trinajstić information content (AvgIpc) is 2.50. The molecule has 23 heavy (non-hydrogen) atoms. The van der Waals surface area contributed by atoms with Crippen LogP contribution in [0.3, 0.4) is 0 Å². The highest BCUT2D eigenvalue weighted by atomic mass is 19.1. The summed E-state index contributed by atoms with van der Waals surface area (Å²) in [7, 11) is -1.03. The fourth-order valence-electron chi connectivity index (χ4n) is 3.05. The van der Waals surface area contributed by atoms with Gasteiger partial charge in [-0.05, 0) is 39.2 Å². The monoisotopic (exact) mass is 317 g/mol. The van der Waals surface area contributed by atoms with Crippen LogP contribution in [-0.2, 0) is 0 Å². The Kier molecular flexibility index (Phi) is 7.05. The summed E-state index contributed by atoms with van der Waals surface area (Å²) in [6, 6.07) is 0. The van der Waals surface area contributed by atoms with Crippen molar-refractivity contribution in [3.63, 3.8) is 0 Å². The number of allylic oxidation sites excluding steroid dienone is 5. The Morgan fingerprint density at radius 3 is 2.35 bits per heavy atom. The summed E-state index contributed by atoms with van der Waals surface area (Å²) in [5.41, 5.74) is 7.41. The van der Waals surface area contributed by atoms with Gasteiger partial charge in [-0.15, -0.1) is 0 Å². The Bertz CT molecular complexity index is 605. The van der Waals surface area contributed by atoms with Crippen LogP contribution in [0.4, 0.5) is 4.32 Å². The maximum atomic E-state index is 14.6. The molecule has 1 N–H and O–H groups in total. The van der Waals surface area contributed by atoms with Gasteiger partial charge in [0.05, 0.1) is 0 Å². The molecule has 0 aliphatic carbocycles. The van der Waals surface area contributed by atoms with Crippen LogP contribution in [0, 0.1) is 0 Å². The highest BCUT2D eigenvalue weighted by Gasteiger charge is 2.36. The molecule has 0 radical (unpaired) electrons. The molecule has 0 aromatic heterocycles. The van der Waals surface area contributed by atoms with E-state index in [1.807, 2.05) is 27.7 Å². The molecule has 1 aliphatic heterocycles.